The number of carbonyl (C=O) groups is 2. The van der Waals surface area contributed by atoms with Crippen LogP contribution in [0.15, 0.2) is 73.0 Å². The second kappa shape index (κ2) is 8.25. The molecule has 0 aromatic heterocycles. The highest BCUT2D eigenvalue weighted by atomic mass is 35.5. The van der Waals surface area contributed by atoms with Crippen molar-refractivity contribution < 1.29 is 14.7 Å². The number of rotatable bonds is 2. The van der Waals surface area contributed by atoms with Gasteiger partial charge in [-0.05, 0) is 42.3 Å². The summed E-state index contributed by atoms with van der Waals surface area (Å²) >= 11 is 11.5. The van der Waals surface area contributed by atoms with Gasteiger partial charge in [-0.3, -0.25) is 9.59 Å². The van der Waals surface area contributed by atoms with Gasteiger partial charge in [-0.1, -0.05) is 54.0 Å². The van der Waals surface area contributed by atoms with Gasteiger partial charge >= 0.3 is 0 Å². The van der Waals surface area contributed by atoms with Crippen LogP contribution in [0.3, 0.4) is 0 Å². The maximum Gasteiger partial charge on any atom is 0.249 e. The summed E-state index contributed by atoms with van der Waals surface area (Å²) in [6.45, 7) is 5.29. The molecule has 0 spiro atoms. The largest absolute Gasteiger partial charge is 0.367 e. The molecule has 2 amide bonds. The molecule has 4 rings (SSSR count). The third kappa shape index (κ3) is 4.95. The minimum Gasteiger partial charge on any atom is -0.367 e. The molecule has 29 heavy (non-hydrogen) atoms. The van der Waals surface area contributed by atoms with Crippen molar-refractivity contribution in [1.29, 1.82) is 0 Å². The lowest BCUT2D eigenvalue weighted by atomic mass is 9.99. The summed E-state index contributed by atoms with van der Waals surface area (Å²) in [6, 6.07) is 14.3. The van der Waals surface area contributed by atoms with Crippen LogP contribution in [0.1, 0.15) is 18.1 Å². The summed E-state index contributed by atoms with van der Waals surface area (Å²) in [5.41, 5.74) is 2.44. The van der Waals surface area contributed by atoms with Crippen molar-refractivity contribution in [2.75, 3.05) is 0 Å². The average molecular weight is 429 g/mol. The monoisotopic (exact) mass is 428 g/mol. The second-order valence-corrected chi connectivity index (χ2v) is 7.53. The molecule has 5 nitrogen and oxygen atoms in total. The third-order valence-electron chi connectivity index (χ3n) is 4.35. The van der Waals surface area contributed by atoms with Crippen LogP contribution in [0, 0.1) is 0 Å². The molecule has 2 aromatic carbocycles. The Morgan fingerprint density at radius 2 is 1.38 bits per heavy atom. The summed E-state index contributed by atoms with van der Waals surface area (Å²) in [5.74, 6) is -0.412. The van der Waals surface area contributed by atoms with E-state index in [0.717, 1.165) is 16.7 Å². The number of amides is 2. The van der Waals surface area contributed by atoms with E-state index in [2.05, 4.69) is 17.2 Å². The molecule has 0 radical (unpaired) electrons. The minimum atomic E-state index is -1.30. The molecule has 3 N–H and O–H groups in total. The Morgan fingerprint density at radius 3 is 1.79 bits per heavy atom. The Morgan fingerprint density at radius 1 is 0.862 bits per heavy atom. The molecule has 7 heteroatoms. The topological polar surface area (TPSA) is 78.4 Å². The third-order valence-corrected chi connectivity index (χ3v) is 4.86. The van der Waals surface area contributed by atoms with E-state index >= 15 is 0 Å². The Kier molecular flexibility index (Phi) is 5.94. The van der Waals surface area contributed by atoms with Gasteiger partial charge in [0.05, 0.1) is 0 Å². The summed E-state index contributed by atoms with van der Waals surface area (Å²) in [6.07, 6.45) is 2.93. The van der Waals surface area contributed by atoms with E-state index in [1.807, 2.05) is 12.1 Å². The number of hydrogen-bond acceptors (Lipinski definition) is 3. The molecule has 2 aromatic rings. The molecule has 0 aliphatic carbocycles. The van der Waals surface area contributed by atoms with Gasteiger partial charge in [0.15, 0.2) is 5.72 Å². The molecule has 0 saturated heterocycles. The summed E-state index contributed by atoms with van der Waals surface area (Å²) in [4.78, 5) is 22.2. The van der Waals surface area contributed by atoms with Crippen molar-refractivity contribution >= 4 is 46.2 Å². The second-order valence-electron chi connectivity index (χ2n) is 6.66. The normalized spacial score (nSPS) is 20.3. The van der Waals surface area contributed by atoms with Gasteiger partial charge in [0.2, 0.25) is 11.8 Å². The summed E-state index contributed by atoms with van der Waals surface area (Å²) in [5, 5.41) is 16.3. The van der Waals surface area contributed by atoms with E-state index in [-0.39, 0.29) is 11.8 Å². The van der Waals surface area contributed by atoms with Crippen molar-refractivity contribution in [3.63, 3.8) is 0 Å². The number of benzene rings is 2. The fourth-order valence-corrected chi connectivity index (χ4v) is 3.22. The number of allylic oxidation sites excluding steroid dienone is 1. The average Bonchev–Trinajstić information content (AvgIpc) is 3.13. The van der Waals surface area contributed by atoms with Crippen LogP contribution in [0.5, 0.6) is 0 Å². The van der Waals surface area contributed by atoms with Crippen molar-refractivity contribution in [3.05, 3.63) is 94.1 Å². The SMILES string of the molecule is C=C1NC(=O)C=C1c1ccc(Cl)cc1.CC1(O)NC(=O)C=C1c1ccc(Cl)cc1. The van der Waals surface area contributed by atoms with Crippen molar-refractivity contribution in [3.8, 4) is 0 Å². The predicted molar refractivity (Wildman–Crippen MR) is 115 cm³/mol. The van der Waals surface area contributed by atoms with Crippen LogP contribution in [0.4, 0.5) is 0 Å². The minimum absolute atomic E-state index is 0.125. The van der Waals surface area contributed by atoms with Gasteiger partial charge in [0, 0.05) is 39.0 Å². The lowest BCUT2D eigenvalue weighted by Gasteiger charge is -2.21. The van der Waals surface area contributed by atoms with Crippen LogP contribution in [0.25, 0.3) is 11.1 Å². The zero-order valence-electron chi connectivity index (χ0n) is 15.5. The molecule has 1 atom stereocenters. The maximum absolute atomic E-state index is 11.1. The van der Waals surface area contributed by atoms with Gasteiger partial charge in [-0.25, -0.2) is 0 Å². The van der Waals surface area contributed by atoms with E-state index in [0.29, 0.717) is 21.3 Å². The zero-order chi connectivity index (χ0) is 21.2. The highest BCUT2D eigenvalue weighted by Crippen LogP contribution is 2.29. The van der Waals surface area contributed by atoms with Gasteiger partial charge < -0.3 is 15.7 Å². The number of carbonyl (C=O) groups excluding carboxylic acids is 2. The summed E-state index contributed by atoms with van der Waals surface area (Å²) in [7, 11) is 0. The zero-order valence-corrected chi connectivity index (χ0v) is 17.0. The van der Waals surface area contributed by atoms with Gasteiger partial charge in [0.25, 0.3) is 0 Å². The van der Waals surface area contributed by atoms with Gasteiger partial charge in [-0.2, -0.15) is 0 Å². The van der Waals surface area contributed by atoms with Crippen LogP contribution in [-0.4, -0.2) is 22.6 Å². The Hall–Kier alpha value is -2.86. The van der Waals surface area contributed by atoms with Gasteiger partial charge in [0.1, 0.15) is 0 Å². The summed E-state index contributed by atoms with van der Waals surface area (Å²) < 4.78 is 0. The molecule has 0 fully saturated rings. The quantitative estimate of drug-likeness (QED) is 0.677. The highest BCUT2D eigenvalue weighted by molar-refractivity contribution is 6.31. The number of aliphatic hydroxyl groups is 1. The highest BCUT2D eigenvalue weighted by Gasteiger charge is 2.34. The molecule has 2 heterocycles. The van der Waals surface area contributed by atoms with E-state index in [1.54, 1.807) is 43.3 Å². The van der Waals surface area contributed by atoms with Crippen LogP contribution >= 0.6 is 23.2 Å². The lowest BCUT2D eigenvalue weighted by molar-refractivity contribution is -0.119. The van der Waals surface area contributed by atoms with E-state index in [1.165, 1.54) is 12.2 Å². The fraction of sp³-hybridized carbons (Fsp3) is 0.0909. The predicted octanol–water partition coefficient (Wildman–Crippen LogP) is 3.93. The first-order chi connectivity index (χ1) is 13.7. The van der Waals surface area contributed by atoms with Crippen molar-refractivity contribution in [2.24, 2.45) is 0 Å². The first kappa shape index (κ1) is 20.9. The Balaban J connectivity index is 0.000000166. The first-order valence-corrected chi connectivity index (χ1v) is 9.42. The van der Waals surface area contributed by atoms with Crippen molar-refractivity contribution in [1.82, 2.24) is 10.6 Å². The number of halogens is 2. The Bertz CT molecular complexity index is 1040. The molecule has 148 valence electrons. The molecule has 0 bridgehead atoms. The van der Waals surface area contributed by atoms with Crippen molar-refractivity contribution in [2.45, 2.75) is 12.6 Å². The smallest absolute Gasteiger partial charge is 0.249 e. The Labute approximate surface area is 178 Å². The van der Waals surface area contributed by atoms with Crippen LogP contribution < -0.4 is 10.6 Å². The number of hydrogen-bond donors (Lipinski definition) is 3. The first-order valence-electron chi connectivity index (χ1n) is 8.66. The molecular weight excluding hydrogens is 411 g/mol. The van der Waals surface area contributed by atoms with Crippen LogP contribution in [0.2, 0.25) is 10.0 Å². The van der Waals surface area contributed by atoms with E-state index < -0.39 is 5.72 Å². The van der Waals surface area contributed by atoms with E-state index in [4.69, 9.17) is 23.2 Å². The molecule has 0 saturated carbocycles. The molecular formula is C22H18Cl2N2O3. The molecule has 2 aliphatic heterocycles. The standard InChI is InChI=1S/C11H10ClNO2.C11H8ClNO/c1-11(15)9(6-10(14)13-11)7-2-4-8(12)5-3-7;1-7-10(6-11(14)13-7)8-2-4-9(12)5-3-8/h2-6,15H,1H3,(H,13,14);2-6H,1H2,(H,13,14). The molecule has 2 aliphatic rings. The van der Waals surface area contributed by atoms with Crippen LogP contribution in [-0.2, 0) is 9.59 Å². The maximum atomic E-state index is 11.1. The van der Waals surface area contributed by atoms with Gasteiger partial charge in [-0.15, -0.1) is 0 Å². The lowest BCUT2D eigenvalue weighted by Crippen LogP contribution is -2.40. The number of nitrogens with one attached hydrogen (secondary N) is 2. The fourth-order valence-electron chi connectivity index (χ4n) is 2.97. The van der Waals surface area contributed by atoms with E-state index in [9.17, 15) is 14.7 Å². The molecule has 1 unspecified atom stereocenters.